The second-order valence-corrected chi connectivity index (χ2v) is 9.18. The minimum absolute atomic E-state index is 0.0716. The van der Waals surface area contributed by atoms with Crippen molar-refractivity contribution in [3.8, 4) is 0 Å². The molecule has 6 N–H and O–H groups in total. The number of aromatic nitrogens is 2. The van der Waals surface area contributed by atoms with E-state index in [2.05, 4.69) is 31.2 Å². The molecule has 3 amide bonds. The highest BCUT2D eigenvalue weighted by Gasteiger charge is 2.21. The molecular formula is C27H40N8O3. The van der Waals surface area contributed by atoms with Crippen molar-refractivity contribution >= 4 is 35.0 Å². The number of benzene rings is 1. The summed E-state index contributed by atoms with van der Waals surface area (Å²) in [6, 6.07) is 7.10. The molecule has 0 unspecified atom stereocenters. The smallest absolute Gasteiger partial charge is 0.271 e. The van der Waals surface area contributed by atoms with Gasteiger partial charge in [-0.2, -0.15) is 0 Å². The van der Waals surface area contributed by atoms with Crippen LogP contribution in [0.5, 0.6) is 0 Å². The fraction of sp³-hybridized carbons (Fsp3) is 0.444. The minimum Gasteiger partial charge on any atom is -0.366 e. The average molecular weight is 525 g/mol. The zero-order valence-corrected chi connectivity index (χ0v) is 23.1. The Labute approximate surface area is 224 Å². The highest BCUT2D eigenvalue weighted by Crippen LogP contribution is 2.23. The Bertz CT molecular complexity index is 1150. The number of primary amides is 1. The van der Waals surface area contributed by atoms with Gasteiger partial charge in [-0.05, 0) is 58.4 Å². The van der Waals surface area contributed by atoms with Gasteiger partial charge in [0.2, 0.25) is 11.8 Å². The number of rotatable bonds is 14. The van der Waals surface area contributed by atoms with Crippen LogP contribution in [0.3, 0.4) is 0 Å². The number of nitrogens with one attached hydrogen (secondary N) is 4. The Morgan fingerprint density at radius 2 is 1.87 bits per heavy atom. The maximum Gasteiger partial charge on any atom is 0.271 e. The molecule has 38 heavy (non-hydrogen) atoms. The van der Waals surface area contributed by atoms with Crippen LogP contribution in [-0.4, -0.2) is 71.9 Å². The highest BCUT2D eigenvalue weighted by molar-refractivity contribution is 5.96. The van der Waals surface area contributed by atoms with E-state index in [1.54, 1.807) is 27.1 Å². The molecule has 0 fully saturated rings. The van der Waals surface area contributed by atoms with Crippen molar-refractivity contribution in [3.63, 3.8) is 0 Å². The molecule has 0 aliphatic carbocycles. The number of carbonyl (C=O) groups is 3. The van der Waals surface area contributed by atoms with Crippen LogP contribution in [0.1, 0.15) is 49.4 Å². The van der Waals surface area contributed by atoms with Gasteiger partial charge in [0.1, 0.15) is 11.9 Å². The van der Waals surface area contributed by atoms with Crippen LogP contribution >= 0.6 is 0 Å². The maximum atomic E-state index is 12.6. The van der Waals surface area contributed by atoms with Gasteiger partial charge in [0.05, 0.1) is 5.69 Å². The van der Waals surface area contributed by atoms with Crippen molar-refractivity contribution in [1.29, 1.82) is 0 Å². The second-order valence-electron chi connectivity index (χ2n) is 9.18. The predicted molar refractivity (Wildman–Crippen MR) is 150 cm³/mol. The summed E-state index contributed by atoms with van der Waals surface area (Å²) < 4.78 is 0. The summed E-state index contributed by atoms with van der Waals surface area (Å²) in [6.45, 7) is 8.59. The number of anilines is 3. The van der Waals surface area contributed by atoms with Gasteiger partial charge in [0.25, 0.3) is 5.91 Å². The zero-order valence-electron chi connectivity index (χ0n) is 23.1. The van der Waals surface area contributed by atoms with Gasteiger partial charge in [-0.3, -0.25) is 14.4 Å². The molecule has 1 aromatic heterocycles. The van der Waals surface area contributed by atoms with E-state index in [0.717, 1.165) is 5.56 Å². The second kappa shape index (κ2) is 14.7. The third-order valence-corrected chi connectivity index (χ3v) is 5.75. The topological polar surface area (TPSA) is 154 Å². The van der Waals surface area contributed by atoms with Crippen molar-refractivity contribution in [1.82, 2.24) is 25.5 Å². The highest BCUT2D eigenvalue weighted by atomic mass is 16.2. The minimum atomic E-state index is -0.667. The molecule has 0 saturated carbocycles. The first kappa shape index (κ1) is 30.2. The van der Waals surface area contributed by atoms with Crippen molar-refractivity contribution < 1.29 is 14.4 Å². The van der Waals surface area contributed by atoms with E-state index >= 15 is 0 Å². The molecule has 1 heterocycles. The average Bonchev–Trinajstić information content (AvgIpc) is 2.87. The van der Waals surface area contributed by atoms with Crippen LogP contribution in [0.2, 0.25) is 0 Å². The third kappa shape index (κ3) is 8.84. The number of carbonyl (C=O) groups excluding carboxylic acids is 3. The maximum absolute atomic E-state index is 12.6. The van der Waals surface area contributed by atoms with Crippen LogP contribution in [0.25, 0.3) is 0 Å². The number of nitrogens with two attached hydrogens (primary N) is 1. The number of hydrogen-bond acceptors (Lipinski definition) is 8. The number of hydrogen-bond donors (Lipinski definition) is 5. The SMILES string of the molecule is CCc1nc(C(N)=O)c(Nc2cccc(CCNC(=O)[C@H](C)N(C)C(=O)/C=C/CNC)c2)nc1NC(C)C. The summed E-state index contributed by atoms with van der Waals surface area (Å²) in [6.07, 6.45) is 4.32. The van der Waals surface area contributed by atoms with Gasteiger partial charge in [-0.25, -0.2) is 9.97 Å². The summed E-state index contributed by atoms with van der Waals surface area (Å²) in [7, 11) is 3.39. The van der Waals surface area contributed by atoms with E-state index in [9.17, 15) is 14.4 Å². The monoisotopic (exact) mass is 524 g/mol. The Hall–Kier alpha value is -3.99. The Balaban J connectivity index is 2.07. The molecule has 11 nitrogen and oxygen atoms in total. The number of likely N-dealkylation sites (N-methyl/N-ethyl adjacent to an activating group) is 2. The fourth-order valence-electron chi connectivity index (χ4n) is 3.55. The van der Waals surface area contributed by atoms with Crippen LogP contribution in [0.4, 0.5) is 17.3 Å². The Morgan fingerprint density at radius 3 is 2.50 bits per heavy atom. The van der Waals surface area contributed by atoms with E-state index in [1.807, 2.05) is 45.0 Å². The van der Waals surface area contributed by atoms with Gasteiger partial charge in [0, 0.05) is 37.9 Å². The van der Waals surface area contributed by atoms with Gasteiger partial charge in [0.15, 0.2) is 11.5 Å². The number of nitrogens with zero attached hydrogens (tertiary/aromatic N) is 3. The number of aryl methyl sites for hydroxylation is 1. The lowest BCUT2D eigenvalue weighted by Gasteiger charge is -2.23. The molecule has 1 atom stereocenters. The molecule has 0 bridgehead atoms. The Morgan fingerprint density at radius 1 is 1.13 bits per heavy atom. The normalized spacial score (nSPS) is 11.9. The largest absolute Gasteiger partial charge is 0.366 e. The molecule has 1 aromatic carbocycles. The quantitative estimate of drug-likeness (QED) is 0.235. The van der Waals surface area contributed by atoms with Gasteiger partial charge < -0.3 is 31.9 Å². The van der Waals surface area contributed by atoms with Crippen LogP contribution < -0.4 is 27.0 Å². The first-order valence-corrected chi connectivity index (χ1v) is 12.8. The van der Waals surface area contributed by atoms with Crippen LogP contribution in [-0.2, 0) is 22.4 Å². The lowest BCUT2D eigenvalue weighted by Crippen LogP contribution is -2.45. The van der Waals surface area contributed by atoms with Crippen molar-refractivity contribution in [2.24, 2.45) is 5.73 Å². The molecule has 0 aliphatic rings. The summed E-state index contributed by atoms with van der Waals surface area (Å²) in [5.74, 6) is -0.268. The van der Waals surface area contributed by atoms with Gasteiger partial charge in [-0.1, -0.05) is 25.1 Å². The molecule has 11 heteroatoms. The van der Waals surface area contributed by atoms with Gasteiger partial charge in [-0.15, -0.1) is 0 Å². The summed E-state index contributed by atoms with van der Waals surface area (Å²) in [5.41, 5.74) is 7.99. The van der Waals surface area contributed by atoms with Gasteiger partial charge >= 0.3 is 0 Å². The molecule has 0 spiro atoms. The molecule has 0 radical (unpaired) electrons. The lowest BCUT2D eigenvalue weighted by molar-refractivity contribution is -0.135. The number of amides is 3. The lowest BCUT2D eigenvalue weighted by atomic mass is 10.1. The molecule has 2 aromatic rings. The first-order chi connectivity index (χ1) is 18.1. The summed E-state index contributed by atoms with van der Waals surface area (Å²) in [4.78, 5) is 47.3. The first-order valence-electron chi connectivity index (χ1n) is 12.8. The van der Waals surface area contributed by atoms with E-state index < -0.39 is 11.9 Å². The molecular weight excluding hydrogens is 484 g/mol. The summed E-state index contributed by atoms with van der Waals surface area (Å²) >= 11 is 0. The van der Waals surface area contributed by atoms with Crippen molar-refractivity contribution in [3.05, 3.63) is 53.4 Å². The van der Waals surface area contributed by atoms with E-state index in [4.69, 9.17) is 5.73 Å². The van der Waals surface area contributed by atoms with E-state index in [-0.39, 0.29) is 29.4 Å². The van der Waals surface area contributed by atoms with Crippen molar-refractivity contribution in [2.75, 3.05) is 37.8 Å². The summed E-state index contributed by atoms with van der Waals surface area (Å²) in [5, 5.41) is 12.2. The van der Waals surface area contributed by atoms with E-state index in [0.29, 0.717) is 43.1 Å². The molecule has 2 rings (SSSR count). The van der Waals surface area contributed by atoms with Crippen LogP contribution in [0.15, 0.2) is 36.4 Å². The Kier molecular flexibility index (Phi) is 11.7. The predicted octanol–water partition coefficient (Wildman–Crippen LogP) is 1.98. The van der Waals surface area contributed by atoms with E-state index in [1.165, 1.54) is 11.0 Å². The third-order valence-electron chi connectivity index (χ3n) is 5.75. The standard InChI is InChI=1S/C27H40N8O3/c1-7-21-25(31-17(2)3)34-26(23(33-21)24(28)37)32-20-11-8-10-19(16-20)13-15-30-27(38)18(4)35(6)22(36)12-9-14-29-5/h8-12,16-18,29H,7,13-15H2,1-6H3,(H2,28,37)(H,30,38)(H2,31,32,34)/b12-9+/t18-/m0/s1. The molecule has 0 saturated heterocycles. The fourth-order valence-corrected chi connectivity index (χ4v) is 3.55. The van der Waals surface area contributed by atoms with Crippen LogP contribution in [0, 0.1) is 0 Å². The van der Waals surface area contributed by atoms with Crippen molar-refractivity contribution in [2.45, 2.75) is 52.6 Å². The molecule has 206 valence electrons. The zero-order chi connectivity index (χ0) is 28.2. The molecule has 0 aliphatic heterocycles.